The molecular weight excluding hydrogens is 352 g/mol. The lowest BCUT2D eigenvalue weighted by molar-refractivity contribution is 0.0962. The van der Waals surface area contributed by atoms with Crippen LogP contribution in [0.2, 0.25) is 0 Å². The Morgan fingerprint density at radius 2 is 2.04 bits per heavy atom. The van der Waals surface area contributed by atoms with Gasteiger partial charge in [-0.25, -0.2) is 4.99 Å². The Labute approximate surface area is 166 Å². The van der Waals surface area contributed by atoms with E-state index >= 15 is 0 Å². The number of aliphatic imine (C=N–C) groups is 1. The maximum atomic E-state index is 12.7. The maximum Gasteiger partial charge on any atom is 0.292 e. The Balaban J connectivity index is 1.83. The summed E-state index contributed by atoms with van der Waals surface area (Å²) in [5, 5.41) is 2.85. The van der Waals surface area contributed by atoms with Gasteiger partial charge in [-0.05, 0) is 54.5 Å². The number of nitrogens with one attached hydrogen (secondary N) is 1. The number of nitrogens with zero attached hydrogens (tertiary/aromatic N) is 1. The van der Waals surface area contributed by atoms with E-state index in [1.54, 1.807) is 31.4 Å². The second kappa shape index (κ2) is 9.40. The van der Waals surface area contributed by atoms with Gasteiger partial charge in [-0.3, -0.25) is 10.1 Å². The van der Waals surface area contributed by atoms with E-state index in [9.17, 15) is 4.79 Å². The number of hydrogen-bond donors (Lipinski definition) is 1. The molecule has 1 atom stereocenters. The largest absolute Gasteiger partial charge is 0.497 e. The number of aryl methyl sites for hydroxylation is 1. The number of hydrogen-bond acceptors (Lipinski definition) is 4. The van der Waals surface area contributed by atoms with Gasteiger partial charge in [0.15, 0.2) is 0 Å². The van der Waals surface area contributed by atoms with E-state index in [-0.39, 0.29) is 18.0 Å². The molecule has 1 aliphatic rings. The summed E-state index contributed by atoms with van der Waals surface area (Å²) in [4.78, 5) is 17.5. The van der Waals surface area contributed by atoms with E-state index in [4.69, 9.17) is 14.5 Å². The molecule has 5 heteroatoms. The van der Waals surface area contributed by atoms with E-state index in [1.165, 1.54) is 11.1 Å². The molecule has 0 saturated carbocycles. The predicted molar refractivity (Wildman–Crippen MR) is 111 cm³/mol. The monoisotopic (exact) mass is 380 g/mol. The van der Waals surface area contributed by atoms with E-state index in [2.05, 4.69) is 37.4 Å². The third-order valence-corrected chi connectivity index (χ3v) is 4.72. The van der Waals surface area contributed by atoms with Crippen LogP contribution in [0.5, 0.6) is 5.75 Å². The molecule has 1 amide bonds. The van der Waals surface area contributed by atoms with Crippen molar-refractivity contribution in [1.82, 2.24) is 5.32 Å². The van der Waals surface area contributed by atoms with Gasteiger partial charge >= 0.3 is 0 Å². The summed E-state index contributed by atoms with van der Waals surface area (Å²) in [5.41, 5.74) is 3.05. The minimum absolute atomic E-state index is 0.00211. The number of carbonyl (C=O) groups excluding carboxylic acids is 1. The quantitative estimate of drug-likeness (QED) is 0.612. The van der Waals surface area contributed by atoms with Gasteiger partial charge in [-0.2, -0.15) is 0 Å². The summed E-state index contributed by atoms with van der Waals surface area (Å²) >= 11 is 0. The maximum absolute atomic E-state index is 12.7. The van der Waals surface area contributed by atoms with Gasteiger partial charge in [0.1, 0.15) is 5.75 Å². The first kappa shape index (κ1) is 19.9. The average Bonchev–Trinajstić information content (AvgIpc) is 2.72. The molecule has 0 radical (unpaired) electrons. The normalized spacial score (nSPS) is 16.4. The highest BCUT2D eigenvalue weighted by atomic mass is 16.5. The average molecular weight is 380 g/mol. The van der Waals surface area contributed by atoms with E-state index < -0.39 is 0 Å². The van der Waals surface area contributed by atoms with E-state index in [1.807, 2.05) is 6.07 Å². The molecule has 1 aliphatic carbocycles. The number of benzene rings is 2. The van der Waals surface area contributed by atoms with Crippen LogP contribution in [0.4, 0.5) is 0 Å². The first-order chi connectivity index (χ1) is 13.6. The summed E-state index contributed by atoms with van der Waals surface area (Å²) in [6.45, 7) is 4.63. The van der Waals surface area contributed by atoms with Gasteiger partial charge in [0.25, 0.3) is 11.9 Å². The molecule has 1 N–H and O–H groups in total. The number of rotatable bonds is 5. The molecule has 3 rings (SSSR count). The molecule has 0 heterocycles. The van der Waals surface area contributed by atoms with Crippen molar-refractivity contribution in [3.05, 3.63) is 65.2 Å². The van der Waals surface area contributed by atoms with Crippen molar-refractivity contribution in [2.24, 2.45) is 10.9 Å². The zero-order chi connectivity index (χ0) is 19.9. The highest BCUT2D eigenvalue weighted by molar-refractivity contribution is 6.04. The standard InChI is InChI=1S/C23H28N2O3/c1-16(2)15-28-23(25-22(26)18-10-6-11-19(14-18)27-3)24-21-13-7-9-17-8-4-5-12-20(17)21/h4-6,8,10-12,14,16,21H,7,9,13,15H2,1-3H3,(H,24,25,26)/t21-/m0/s1. The molecule has 0 unspecified atom stereocenters. The number of amides is 1. The fraction of sp³-hybridized carbons (Fsp3) is 0.391. The summed E-state index contributed by atoms with van der Waals surface area (Å²) < 4.78 is 11.1. The molecule has 0 spiro atoms. The number of fused-ring (bicyclic) bond motifs is 1. The number of amidine groups is 1. The zero-order valence-electron chi connectivity index (χ0n) is 16.8. The summed E-state index contributed by atoms with van der Waals surface area (Å²) in [6.07, 6.45) is 3.09. The van der Waals surface area contributed by atoms with Crippen LogP contribution in [0.25, 0.3) is 0 Å². The van der Waals surface area contributed by atoms with Gasteiger partial charge in [0.05, 0.1) is 19.8 Å². The van der Waals surface area contributed by atoms with Crippen LogP contribution in [0, 0.1) is 5.92 Å². The lowest BCUT2D eigenvalue weighted by atomic mass is 9.88. The number of ether oxygens (including phenoxy) is 2. The summed E-state index contributed by atoms with van der Waals surface area (Å²) in [7, 11) is 1.58. The molecule has 28 heavy (non-hydrogen) atoms. The van der Waals surface area contributed by atoms with Crippen molar-refractivity contribution in [2.45, 2.75) is 39.2 Å². The molecular formula is C23H28N2O3. The van der Waals surface area contributed by atoms with Crippen LogP contribution in [-0.4, -0.2) is 25.6 Å². The molecule has 0 aliphatic heterocycles. The molecule has 0 bridgehead atoms. The summed E-state index contributed by atoms with van der Waals surface area (Å²) in [5.74, 6) is 0.707. The number of carbonyl (C=O) groups is 1. The van der Waals surface area contributed by atoms with Gasteiger partial charge in [-0.1, -0.05) is 44.2 Å². The summed E-state index contributed by atoms with van der Waals surface area (Å²) in [6, 6.07) is 15.7. The predicted octanol–water partition coefficient (Wildman–Crippen LogP) is 4.53. The van der Waals surface area contributed by atoms with Crippen LogP contribution < -0.4 is 10.1 Å². The minimum atomic E-state index is -0.259. The van der Waals surface area contributed by atoms with Crippen molar-refractivity contribution >= 4 is 11.9 Å². The van der Waals surface area contributed by atoms with Crippen LogP contribution in [0.15, 0.2) is 53.5 Å². The lowest BCUT2D eigenvalue weighted by Crippen LogP contribution is -2.34. The highest BCUT2D eigenvalue weighted by Gasteiger charge is 2.21. The molecule has 148 valence electrons. The van der Waals surface area contributed by atoms with Crippen molar-refractivity contribution in [3.8, 4) is 5.75 Å². The first-order valence-corrected chi connectivity index (χ1v) is 9.80. The molecule has 2 aromatic rings. The highest BCUT2D eigenvalue weighted by Crippen LogP contribution is 2.32. The Kier molecular flexibility index (Phi) is 6.69. The third-order valence-electron chi connectivity index (χ3n) is 4.72. The van der Waals surface area contributed by atoms with Crippen LogP contribution >= 0.6 is 0 Å². The van der Waals surface area contributed by atoms with Crippen LogP contribution in [0.1, 0.15) is 54.2 Å². The minimum Gasteiger partial charge on any atom is -0.497 e. The second-order valence-corrected chi connectivity index (χ2v) is 7.43. The van der Waals surface area contributed by atoms with Crippen LogP contribution in [0.3, 0.4) is 0 Å². The molecule has 0 aromatic heterocycles. The zero-order valence-corrected chi connectivity index (χ0v) is 16.8. The third kappa shape index (κ3) is 5.12. The molecule has 0 saturated heterocycles. The SMILES string of the molecule is COc1cccc(C(=O)NC(=N[C@H]2CCCc3ccccc32)OCC(C)C)c1. The van der Waals surface area contributed by atoms with E-state index in [0.29, 0.717) is 23.8 Å². The van der Waals surface area contributed by atoms with Gasteiger partial charge in [0, 0.05) is 5.56 Å². The molecule has 5 nitrogen and oxygen atoms in total. The van der Waals surface area contributed by atoms with Crippen molar-refractivity contribution in [1.29, 1.82) is 0 Å². The van der Waals surface area contributed by atoms with Crippen molar-refractivity contribution in [2.75, 3.05) is 13.7 Å². The Bertz CT molecular complexity index is 845. The Hall–Kier alpha value is -2.82. The Morgan fingerprint density at radius 3 is 2.82 bits per heavy atom. The first-order valence-electron chi connectivity index (χ1n) is 9.80. The lowest BCUT2D eigenvalue weighted by Gasteiger charge is -2.23. The smallest absolute Gasteiger partial charge is 0.292 e. The van der Waals surface area contributed by atoms with Gasteiger partial charge in [0.2, 0.25) is 0 Å². The van der Waals surface area contributed by atoms with E-state index in [0.717, 1.165) is 19.3 Å². The Morgan fingerprint density at radius 1 is 1.21 bits per heavy atom. The molecule has 0 fully saturated rings. The van der Waals surface area contributed by atoms with Gasteiger partial charge in [-0.15, -0.1) is 0 Å². The fourth-order valence-electron chi connectivity index (χ4n) is 3.29. The fourth-order valence-corrected chi connectivity index (χ4v) is 3.29. The van der Waals surface area contributed by atoms with Crippen molar-refractivity contribution < 1.29 is 14.3 Å². The molecule has 2 aromatic carbocycles. The number of methoxy groups -OCH3 is 1. The van der Waals surface area contributed by atoms with Crippen LogP contribution in [-0.2, 0) is 11.2 Å². The van der Waals surface area contributed by atoms with Crippen molar-refractivity contribution in [3.63, 3.8) is 0 Å². The topological polar surface area (TPSA) is 59.9 Å². The second-order valence-electron chi connectivity index (χ2n) is 7.43. The van der Waals surface area contributed by atoms with Gasteiger partial charge < -0.3 is 9.47 Å².